The summed E-state index contributed by atoms with van der Waals surface area (Å²) in [4.78, 5) is 35.2. The van der Waals surface area contributed by atoms with Crippen LogP contribution in [0.15, 0.2) is 0 Å². The first-order valence-corrected chi connectivity index (χ1v) is 5.75. The second-order valence-electron chi connectivity index (χ2n) is 4.49. The lowest BCUT2D eigenvalue weighted by Crippen LogP contribution is -2.52. The van der Waals surface area contributed by atoms with Gasteiger partial charge in [0.15, 0.2) is 0 Å². The van der Waals surface area contributed by atoms with Crippen LogP contribution in [-0.2, 0) is 19.1 Å². The number of carbonyl (C=O) groups is 3. The monoisotopic (exact) mass is 241 g/mol. The highest BCUT2D eigenvalue weighted by molar-refractivity contribution is 5.98. The van der Waals surface area contributed by atoms with E-state index in [4.69, 9.17) is 9.84 Å². The summed E-state index contributed by atoms with van der Waals surface area (Å²) in [6, 6.07) is -0.144. The Morgan fingerprint density at radius 3 is 2.12 bits per heavy atom. The van der Waals surface area contributed by atoms with E-state index < -0.39 is 5.97 Å². The van der Waals surface area contributed by atoms with Crippen LogP contribution in [0.25, 0.3) is 0 Å². The van der Waals surface area contributed by atoms with Crippen molar-refractivity contribution in [3.8, 4) is 0 Å². The van der Waals surface area contributed by atoms with E-state index in [0.29, 0.717) is 25.7 Å². The average Bonchev–Trinajstić information content (AvgIpc) is 2.29. The number of ether oxygens (including phenoxy) is 1. The topological polar surface area (TPSA) is 83.9 Å². The zero-order chi connectivity index (χ0) is 12.4. The molecule has 1 saturated carbocycles. The first kappa shape index (κ1) is 12.0. The van der Waals surface area contributed by atoms with Crippen LogP contribution in [0, 0.1) is 5.92 Å². The lowest BCUT2D eigenvalue weighted by atomic mass is 9.85. The molecule has 0 unspecified atom stereocenters. The molecule has 6 nitrogen and oxygen atoms in total. The van der Waals surface area contributed by atoms with Gasteiger partial charge in [-0.25, -0.2) is 0 Å². The zero-order valence-corrected chi connectivity index (χ0v) is 9.42. The second-order valence-corrected chi connectivity index (χ2v) is 4.49. The van der Waals surface area contributed by atoms with Gasteiger partial charge >= 0.3 is 5.97 Å². The quantitative estimate of drug-likeness (QED) is 0.689. The Hall–Kier alpha value is -1.43. The van der Waals surface area contributed by atoms with E-state index in [1.165, 1.54) is 4.90 Å². The molecule has 6 heteroatoms. The number of hydrogen-bond donors (Lipinski definition) is 1. The summed E-state index contributed by atoms with van der Waals surface area (Å²) in [6.07, 6.45) is 2.21. The maximum Gasteiger partial charge on any atom is 0.306 e. The molecular formula is C11H15NO5. The largest absolute Gasteiger partial charge is 0.481 e. The van der Waals surface area contributed by atoms with Gasteiger partial charge in [0, 0.05) is 6.04 Å². The molecule has 2 amide bonds. The van der Waals surface area contributed by atoms with E-state index >= 15 is 0 Å². The van der Waals surface area contributed by atoms with Gasteiger partial charge in [0.1, 0.15) is 13.2 Å². The van der Waals surface area contributed by atoms with Gasteiger partial charge in [-0.2, -0.15) is 0 Å². The SMILES string of the molecule is O=C(O)C1CCC(N2C(=O)COCC2=O)CC1. The van der Waals surface area contributed by atoms with E-state index in [-0.39, 0.29) is 37.0 Å². The lowest BCUT2D eigenvalue weighted by molar-refractivity contribution is -0.162. The van der Waals surface area contributed by atoms with Crippen molar-refractivity contribution < 1.29 is 24.2 Å². The number of carbonyl (C=O) groups excluding carboxylic acids is 2. The Morgan fingerprint density at radius 2 is 1.65 bits per heavy atom. The van der Waals surface area contributed by atoms with E-state index in [2.05, 4.69) is 0 Å². The van der Waals surface area contributed by atoms with Gasteiger partial charge in [0.2, 0.25) is 0 Å². The van der Waals surface area contributed by atoms with E-state index in [1.54, 1.807) is 0 Å². The molecule has 0 bridgehead atoms. The van der Waals surface area contributed by atoms with Crippen LogP contribution in [-0.4, -0.2) is 47.0 Å². The van der Waals surface area contributed by atoms with Crippen molar-refractivity contribution in [1.29, 1.82) is 0 Å². The normalized spacial score (nSPS) is 30.5. The number of amides is 2. The Balaban J connectivity index is 1.97. The van der Waals surface area contributed by atoms with E-state index in [9.17, 15) is 14.4 Å². The molecule has 94 valence electrons. The summed E-state index contributed by atoms with van der Waals surface area (Å²) < 4.78 is 4.84. The van der Waals surface area contributed by atoms with Crippen LogP contribution >= 0.6 is 0 Å². The van der Waals surface area contributed by atoms with Crippen LogP contribution in [0.3, 0.4) is 0 Å². The highest BCUT2D eigenvalue weighted by Crippen LogP contribution is 2.28. The summed E-state index contributed by atoms with van der Waals surface area (Å²) in [5.74, 6) is -1.74. The standard InChI is InChI=1S/C11H15NO5/c13-9-5-17-6-10(14)12(9)8-3-1-7(2-4-8)11(15)16/h7-8H,1-6H2,(H,15,16). The molecule has 1 heterocycles. The van der Waals surface area contributed by atoms with E-state index in [1.807, 2.05) is 0 Å². The fourth-order valence-corrected chi connectivity index (χ4v) is 2.49. The molecule has 2 rings (SSSR count). The van der Waals surface area contributed by atoms with Gasteiger partial charge in [0.05, 0.1) is 5.92 Å². The van der Waals surface area contributed by atoms with Crippen molar-refractivity contribution in [3.05, 3.63) is 0 Å². The van der Waals surface area contributed by atoms with Crippen LogP contribution in [0.4, 0.5) is 0 Å². The second kappa shape index (κ2) is 4.83. The van der Waals surface area contributed by atoms with Crippen molar-refractivity contribution in [2.75, 3.05) is 13.2 Å². The fourth-order valence-electron chi connectivity index (χ4n) is 2.49. The Labute approximate surface area is 98.5 Å². The number of carboxylic acids is 1. The molecule has 1 aliphatic carbocycles. The summed E-state index contributed by atoms with van der Waals surface area (Å²) in [5.41, 5.74) is 0. The zero-order valence-electron chi connectivity index (χ0n) is 9.42. The Morgan fingerprint density at radius 1 is 1.12 bits per heavy atom. The average molecular weight is 241 g/mol. The summed E-state index contributed by atoms with van der Waals surface area (Å²) in [6.45, 7) is -0.102. The minimum atomic E-state index is -0.789. The highest BCUT2D eigenvalue weighted by atomic mass is 16.5. The van der Waals surface area contributed by atoms with Crippen molar-refractivity contribution in [2.24, 2.45) is 5.92 Å². The molecule has 0 aromatic rings. The van der Waals surface area contributed by atoms with Crippen molar-refractivity contribution in [1.82, 2.24) is 4.90 Å². The molecule has 0 atom stereocenters. The first-order valence-electron chi connectivity index (χ1n) is 5.75. The molecule has 0 aromatic heterocycles. The van der Waals surface area contributed by atoms with Crippen LogP contribution in [0.5, 0.6) is 0 Å². The third-order valence-electron chi connectivity index (χ3n) is 3.40. The minimum absolute atomic E-state index is 0.0510. The molecule has 1 N–H and O–H groups in total. The number of rotatable bonds is 2. The van der Waals surface area contributed by atoms with Crippen LogP contribution in [0.1, 0.15) is 25.7 Å². The van der Waals surface area contributed by atoms with Gasteiger partial charge < -0.3 is 9.84 Å². The molecule has 1 aliphatic heterocycles. The van der Waals surface area contributed by atoms with E-state index in [0.717, 1.165) is 0 Å². The predicted molar refractivity (Wildman–Crippen MR) is 56.1 cm³/mol. The third kappa shape index (κ3) is 2.46. The molecule has 17 heavy (non-hydrogen) atoms. The van der Waals surface area contributed by atoms with Crippen LogP contribution in [0.2, 0.25) is 0 Å². The highest BCUT2D eigenvalue weighted by Gasteiger charge is 2.36. The number of morpholine rings is 1. The number of carboxylic acid groups (broad SMARTS) is 1. The number of hydrogen-bond acceptors (Lipinski definition) is 4. The maximum atomic E-state index is 11.6. The molecule has 0 spiro atoms. The maximum absolute atomic E-state index is 11.6. The minimum Gasteiger partial charge on any atom is -0.481 e. The first-order chi connectivity index (χ1) is 8.09. The van der Waals surface area contributed by atoms with Gasteiger partial charge in [-0.3, -0.25) is 19.3 Å². The summed E-state index contributed by atoms with van der Waals surface area (Å²) >= 11 is 0. The fraction of sp³-hybridized carbons (Fsp3) is 0.727. The van der Waals surface area contributed by atoms with Crippen LogP contribution < -0.4 is 0 Å². The predicted octanol–water partition coefficient (Wildman–Crippen LogP) is 0.0152. The summed E-state index contributed by atoms with van der Waals surface area (Å²) in [5, 5.41) is 8.87. The molecule has 0 aromatic carbocycles. The molecule has 2 aliphatic rings. The van der Waals surface area contributed by atoms with Crippen molar-refractivity contribution in [3.63, 3.8) is 0 Å². The van der Waals surface area contributed by atoms with Gasteiger partial charge in [-0.1, -0.05) is 0 Å². The number of aliphatic carboxylic acids is 1. The lowest BCUT2D eigenvalue weighted by Gasteiger charge is -2.36. The Kier molecular flexibility index (Phi) is 3.42. The molecule has 1 saturated heterocycles. The smallest absolute Gasteiger partial charge is 0.306 e. The number of nitrogens with zero attached hydrogens (tertiary/aromatic N) is 1. The Bertz CT molecular complexity index is 330. The molecule has 0 radical (unpaired) electrons. The van der Waals surface area contributed by atoms with Crippen molar-refractivity contribution in [2.45, 2.75) is 31.7 Å². The van der Waals surface area contributed by atoms with Gasteiger partial charge in [0.25, 0.3) is 11.8 Å². The van der Waals surface area contributed by atoms with Crippen molar-refractivity contribution >= 4 is 17.8 Å². The molecule has 2 fully saturated rings. The molecular weight excluding hydrogens is 226 g/mol. The number of imide groups is 1. The van der Waals surface area contributed by atoms with Gasteiger partial charge in [-0.15, -0.1) is 0 Å². The van der Waals surface area contributed by atoms with Gasteiger partial charge in [-0.05, 0) is 25.7 Å². The third-order valence-corrected chi connectivity index (χ3v) is 3.40. The summed E-state index contributed by atoms with van der Waals surface area (Å²) in [7, 11) is 0.